The van der Waals surface area contributed by atoms with Gasteiger partial charge in [0.1, 0.15) is 0 Å². The third kappa shape index (κ3) is 5.95. The molecule has 0 aliphatic rings. The van der Waals surface area contributed by atoms with E-state index in [4.69, 9.17) is 35.4 Å². The van der Waals surface area contributed by atoms with E-state index in [-0.39, 0.29) is 11.0 Å². The van der Waals surface area contributed by atoms with Gasteiger partial charge in [-0.2, -0.15) is 0 Å². The van der Waals surface area contributed by atoms with Crippen molar-refractivity contribution in [2.24, 2.45) is 0 Å². The summed E-state index contributed by atoms with van der Waals surface area (Å²) in [6.45, 7) is 7.23. The minimum atomic E-state index is -0.348. The molecule has 2 N–H and O–H groups in total. The van der Waals surface area contributed by atoms with Gasteiger partial charge in [0.05, 0.1) is 10.0 Å². The Morgan fingerprint density at radius 2 is 1.69 bits per heavy atom. The van der Waals surface area contributed by atoms with E-state index in [0.717, 1.165) is 25.3 Å². The summed E-state index contributed by atoms with van der Waals surface area (Å²) in [7, 11) is 0. The number of anilines is 1. The van der Waals surface area contributed by atoms with Crippen LogP contribution in [0.3, 0.4) is 0 Å². The first kappa shape index (κ1) is 20.6. The van der Waals surface area contributed by atoms with E-state index in [1.165, 1.54) is 11.6 Å². The molecule has 0 unspecified atom stereocenters. The first-order valence-corrected chi connectivity index (χ1v) is 9.48. The minimum Gasteiger partial charge on any atom is -0.332 e. The Morgan fingerprint density at radius 3 is 2.27 bits per heavy atom. The normalized spacial score (nSPS) is 10.7. The lowest BCUT2D eigenvalue weighted by molar-refractivity contribution is 0.0977. The molecule has 0 fully saturated rings. The summed E-state index contributed by atoms with van der Waals surface area (Å²) >= 11 is 17.0. The smallest absolute Gasteiger partial charge is 0.257 e. The van der Waals surface area contributed by atoms with E-state index < -0.39 is 0 Å². The number of thiocarbonyl (C=S) groups is 1. The van der Waals surface area contributed by atoms with Crippen LogP contribution >= 0.6 is 35.4 Å². The maximum absolute atomic E-state index is 12.2. The molecular weight excluding hydrogens is 389 g/mol. The standard InChI is InChI=1S/C19H21Cl2N3OS/c1-3-24(4-2)12-13-5-8-15(9-6-13)22-19(26)23-18(25)14-7-10-16(20)17(21)11-14/h5-11H,3-4,12H2,1-2H3,(H2,22,23,25,26). The van der Waals surface area contributed by atoms with Crippen LogP contribution in [0.1, 0.15) is 29.8 Å². The van der Waals surface area contributed by atoms with E-state index in [1.807, 2.05) is 24.3 Å². The van der Waals surface area contributed by atoms with E-state index in [1.54, 1.807) is 12.1 Å². The molecule has 0 heterocycles. The van der Waals surface area contributed by atoms with E-state index in [0.29, 0.717) is 15.6 Å². The lowest BCUT2D eigenvalue weighted by atomic mass is 10.2. The molecule has 0 saturated carbocycles. The van der Waals surface area contributed by atoms with Crippen molar-refractivity contribution in [3.63, 3.8) is 0 Å². The van der Waals surface area contributed by atoms with Gasteiger partial charge in [-0.3, -0.25) is 15.0 Å². The lowest BCUT2D eigenvalue weighted by Crippen LogP contribution is -2.34. The topological polar surface area (TPSA) is 44.4 Å². The van der Waals surface area contributed by atoms with Gasteiger partial charge in [-0.15, -0.1) is 0 Å². The molecule has 26 heavy (non-hydrogen) atoms. The van der Waals surface area contributed by atoms with Crippen LogP contribution in [-0.4, -0.2) is 29.0 Å². The van der Waals surface area contributed by atoms with Gasteiger partial charge in [0.15, 0.2) is 5.11 Å². The summed E-state index contributed by atoms with van der Waals surface area (Å²) < 4.78 is 0. The Labute approximate surface area is 169 Å². The Hall–Kier alpha value is -1.66. The monoisotopic (exact) mass is 409 g/mol. The average Bonchev–Trinajstić information content (AvgIpc) is 2.63. The summed E-state index contributed by atoms with van der Waals surface area (Å²) in [5, 5.41) is 6.57. The largest absolute Gasteiger partial charge is 0.332 e. The first-order valence-electron chi connectivity index (χ1n) is 8.31. The van der Waals surface area contributed by atoms with Gasteiger partial charge in [-0.05, 0) is 61.2 Å². The van der Waals surface area contributed by atoms with Crippen molar-refractivity contribution in [1.29, 1.82) is 0 Å². The van der Waals surface area contributed by atoms with Crippen LogP contribution in [-0.2, 0) is 6.54 Å². The number of halogens is 2. The zero-order chi connectivity index (χ0) is 19.1. The highest BCUT2D eigenvalue weighted by atomic mass is 35.5. The Bertz CT molecular complexity index is 777. The van der Waals surface area contributed by atoms with Crippen LogP contribution in [0.5, 0.6) is 0 Å². The maximum atomic E-state index is 12.2. The van der Waals surface area contributed by atoms with Crippen molar-refractivity contribution >= 4 is 52.1 Å². The molecule has 138 valence electrons. The second-order valence-electron chi connectivity index (χ2n) is 5.70. The van der Waals surface area contributed by atoms with E-state index in [9.17, 15) is 4.79 Å². The van der Waals surface area contributed by atoms with Crippen LogP contribution in [0.25, 0.3) is 0 Å². The highest BCUT2D eigenvalue weighted by Gasteiger charge is 2.10. The van der Waals surface area contributed by atoms with Crippen LogP contribution in [0.2, 0.25) is 10.0 Å². The molecule has 0 radical (unpaired) electrons. The number of amides is 1. The summed E-state index contributed by atoms with van der Waals surface area (Å²) in [5.74, 6) is -0.348. The highest BCUT2D eigenvalue weighted by Crippen LogP contribution is 2.22. The van der Waals surface area contributed by atoms with Gasteiger partial charge in [0, 0.05) is 17.8 Å². The zero-order valence-corrected chi connectivity index (χ0v) is 17.0. The van der Waals surface area contributed by atoms with Crippen LogP contribution < -0.4 is 10.6 Å². The van der Waals surface area contributed by atoms with Gasteiger partial charge in [0.25, 0.3) is 5.91 Å². The van der Waals surface area contributed by atoms with Gasteiger partial charge in [-0.1, -0.05) is 49.2 Å². The van der Waals surface area contributed by atoms with Crippen LogP contribution in [0.15, 0.2) is 42.5 Å². The Morgan fingerprint density at radius 1 is 1.04 bits per heavy atom. The summed E-state index contributed by atoms with van der Waals surface area (Å²) in [6.07, 6.45) is 0. The fraction of sp³-hybridized carbons (Fsp3) is 0.263. The average molecular weight is 410 g/mol. The summed E-state index contributed by atoms with van der Waals surface area (Å²) in [5.41, 5.74) is 2.43. The molecule has 0 aliphatic heterocycles. The van der Waals surface area contributed by atoms with Gasteiger partial charge in [-0.25, -0.2) is 0 Å². The van der Waals surface area contributed by atoms with Crippen molar-refractivity contribution in [1.82, 2.24) is 10.2 Å². The van der Waals surface area contributed by atoms with Crippen molar-refractivity contribution in [2.75, 3.05) is 18.4 Å². The third-order valence-electron chi connectivity index (χ3n) is 3.92. The fourth-order valence-electron chi connectivity index (χ4n) is 2.37. The number of hydrogen-bond donors (Lipinski definition) is 2. The number of carbonyl (C=O) groups is 1. The molecular formula is C19H21Cl2N3OS. The number of hydrogen-bond acceptors (Lipinski definition) is 3. The van der Waals surface area contributed by atoms with Crippen molar-refractivity contribution in [3.8, 4) is 0 Å². The second-order valence-corrected chi connectivity index (χ2v) is 6.92. The van der Waals surface area contributed by atoms with Gasteiger partial charge < -0.3 is 5.32 Å². The molecule has 0 aromatic heterocycles. The van der Waals surface area contributed by atoms with Crippen LogP contribution in [0, 0.1) is 0 Å². The molecule has 0 spiro atoms. The van der Waals surface area contributed by atoms with E-state index in [2.05, 4.69) is 29.4 Å². The Balaban J connectivity index is 1.92. The van der Waals surface area contributed by atoms with Crippen LogP contribution in [0.4, 0.5) is 5.69 Å². The predicted octanol–water partition coefficient (Wildman–Crippen LogP) is 4.96. The number of nitrogens with one attached hydrogen (secondary N) is 2. The molecule has 1 amide bonds. The highest BCUT2D eigenvalue weighted by molar-refractivity contribution is 7.80. The Kier molecular flexibility index (Phi) is 7.85. The molecule has 0 bridgehead atoms. The number of carbonyl (C=O) groups excluding carboxylic acids is 1. The number of benzene rings is 2. The molecule has 4 nitrogen and oxygen atoms in total. The molecule has 0 atom stereocenters. The molecule has 7 heteroatoms. The number of nitrogens with zero attached hydrogens (tertiary/aromatic N) is 1. The molecule has 2 rings (SSSR count). The van der Waals surface area contributed by atoms with Gasteiger partial charge in [0.2, 0.25) is 0 Å². The van der Waals surface area contributed by atoms with E-state index >= 15 is 0 Å². The predicted molar refractivity (Wildman–Crippen MR) is 113 cm³/mol. The van der Waals surface area contributed by atoms with Crippen molar-refractivity contribution < 1.29 is 4.79 Å². The SMILES string of the molecule is CCN(CC)Cc1ccc(NC(=S)NC(=O)c2ccc(Cl)c(Cl)c2)cc1. The molecule has 2 aromatic rings. The van der Waals surface area contributed by atoms with Crippen molar-refractivity contribution in [3.05, 3.63) is 63.6 Å². The summed E-state index contributed by atoms with van der Waals surface area (Å²) in [6, 6.07) is 12.6. The second kappa shape index (κ2) is 9.88. The quantitative estimate of drug-likeness (QED) is 0.661. The molecule has 0 saturated heterocycles. The zero-order valence-electron chi connectivity index (χ0n) is 14.7. The summed E-state index contributed by atoms with van der Waals surface area (Å²) in [4.78, 5) is 14.5. The number of rotatable bonds is 6. The molecule has 2 aromatic carbocycles. The van der Waals surface area contributed by atoms with Crippen molar-refractivity contribution in [2.45, 2.75) is 20.4 Å². The minimum absolute atomic E-state index is 0.220. The molecule has 0 aliphatic carbocycles. The lowest BCUT2D eigenvalue weighted by Gasteiger charge is -2.18. The fourth-order valence-corrected chi connectivity index (χ4v) is 2.88. The third-order valence-corrected chi connectivity index (χ3v) is 4.86. The first-order chi connectivity index (χ1) is 12.4. The van der Waals surface area contributed by atoms with Gasteiger partial charge >= 0.3 is 0 Å². The maximum Gasteiger partial charge on any atom is 0.257 e.